The van der Waals surface area contributed by atoms with Gasteiger partial charge in [-0.1, -0.05) is 0 Å². The summed E-state index contributed by atoms with van der Waals surface area (Å²) in [4.78, 5) is 27.6. The lowest BCUT2D eigenvalue weighted by Gasteiger charge is -2.34. The molecule has 1 aromatic rings. The van der Waals surface area contributed by atoms with Crippen LogP contribution in [0.15, 0.2) is 29.2 Å². The van der Waals surface area contributed by atoms with Crippen molar-refractivity contribution in [2.24, 2.45) is 0 Å². The molecule has 150 valence electrons. The minimum atomic E-state index is -3.64. The zero-order valence-corrected chi connectivity index (χ0v) is 16.3. The van der Waals surface area contributed by atoms with E-state index < -0.39 is 10.0 Å². The van der Waals surface area contributed by atoms with Gasteiger partial charge in [0.2, 0.25) is 10.0 Å². The molecule has 10 heteroatoms. The van der Waals surface area contributed by atoms with Gasteiger partial charge in [0.25, 0.3) is 5.91 Å². The van der Waals surface area contributed by atoms with Crippen molar-refractivity contribution in [3.63, 3.8) is 0 Å². The Morgan fingerprint density at radius 1 is 1.07 bits per heavy atom. The Bertz CT molecular complexity index is 742. The maximum absolute atomic E-state index is 12.6. The summed E-state index contributed by atoms with van der Waals surface area (Å²) in [5.41, 5.74) is 0.399. The lowest BCUT2D eigenvalue weighted by atomic mass is 10.2. The summed E-state index contributed by atoms with van der Waals surface area (Å²) in [5.74, 6) is -0.199. The van der Waals surface area contributed by atoms with Crippen LogP contribution in [-0.2, 0) is 19.5 Å². The number of methoxy groups -OCH3 is 1. The van der Waals surface area contributed by atoms with Crippen LogP contribution in [0, 0.1) is 0 Å². The Labute approximate surface area is 159 Å². The van der Waals surface area contributed by atoms with Crippen molar-refractivity contribution in [3.8, 4) is 0 Å². The average Bonchev–Trinajstić information content (AvgIpc) is 2.68. The molecule has 0 bridgehead atoms. The number of nitrogens with one attached hydrogen (secondary N) is 1. The third kappa shape index (κ3) is 5.65. The van der Waals surface area contributed by atoms with E-state index in [0.717, 1.165) is 0 Å². The molecule has 1 aromatic carbocycles. The number of sulfonamides is 1. The molecule has 1 aliphatic rings. The van der Waals surface area contributed by atoms with Crippen LogP contribution in [0.4, 0.5) is 4.79 Å². The van der Waals surface area contributed by atoms with Gasteiger partial charge in [-0.2, -0.15) is 0 Å². The van der Waals surface area contributed by atoms with Crippen molar-refractivity contribution in [1.82, 2.24) is 14.5 Å². The van der Waals surface area contributed by atoms with Crippen LogP contribution in [0.5, 0.6) is 0 Å². The maximum Gasteiger partial charge on any atom is 0.409 e. The Kier molecular flexibility index (Phi) is 7.57. The molecule has 1 aliphatic heterocycles. The van der Waals surface area contributed by atoms with Crippen LogP contribution in [0.2, 0.25) is 0 Å². The van der Waals surface area contributed by atoms with Crippen molar-refractivity contribution >= 4 is 22.0 Å². The number of benzene rings is 1. The van der Waals surface area contributed by atoms with E-state index in [1.807, 2.05) is 0 Å². The molecule has 1 fully saturated rings. The fourth-order valence-corrected chi connectivity index (χ4v) is 3.64. The number of piperazine rings is 1. The van der Waals surface area contributed by atoms with E-state index in [4.69, 9.17) is 9.47 Å². The number of ether oxygens (including phenoxy) is 2. The normalized spacial score (nSPS) is 14.9. The van der Waals surface area contributed by atoms with E-state index in [9.17, 15) is 18.0 Å². The van der Waals surface area contributed by atoms with Crippen LogP contribution in [0.1, 0.15) is 17.3 Å². The molecular weight excluding hydrogens is 374 g/mol. The molecule has 0 unspecified atom stereocenters. The van der Waals surface area contributed by atoms with Crippen molar-refractivity contribution in [3.05, 3.63) is 29.8 Å². The number of rotatable bonds is 7. The number of carbonyl (C=O) groups is 2. The Hall–Kier alpha value is -2.17. The topological polar surface area (TPSA) is 105 Å². The fraction of sp³-hybridized carbons (Fsp3) is 0.529. The van der Waals surface area contributed by atoms with Crippen LogP contribution in [0.25, 0.3) is 0 Å². The van der Waals surface area contributed by atoms with Gasteiger partial charge < -0.3 is 19.3 Å². The van der Waals surface area contributed by atoms with Crippen molar-refractivity contribution < 1.29 is 27.5 Å². The lowest BCUT2D eigenvalue weighted by molar-refractivity contribution is 0.0570. The van der Waals surface area contributed by atoms with Crippen LogP contribution in [0.3, 0.4) is 0 Å². The molecule has 0 spiro atoms. The summed E-state index contributed by atoms with van der Waals surface area (Å²) >= 11 is 0. The first-order chi connectivity index (χ1) is 12.9. The Morgan fingerprint density at radius 3 is 2.22 bits per heavy atom. The maximum atomic E-state index is 12.6. The second-order valence-corrected chi connectivity index (χ2v) is 7.66. The van der Waals surface area contributed by atoms with E-state index in [0.29, 0.717) is 38.3 Å². The highest BCUT2D eigenvalue weighted by atomic mass is 32.2. The smallest absolute Gasteiger partial charge is 0.409 e. The third-order valence-corrected chi connectivity index (χ3v) is 5.58. The van der Waals surface area contributed by atoms with E-state index in [1.54, 1.807) is 16.7 Å². The van der Waals surface area contributed by atoms with Gasteiger partial charge in [-0.15, -0.1) is 0 Å². The lowest BCUT2D eigenvalue weighted by Crippen LogP contribution is -2.50. The molecule has 1 N–H and O–H groups in total. The Balaban J connectivity index is 1.95. The van der Waals surface area contributed by atoms with Crippen LogP contribution >= 0.6 is 0 Å². The molecule has 0 aromatic heterocycles. The van der Waals surface area contributed by atoms with Gasteiger partial charge >= 0.3 is 6.09 Å². The highest BCUT2D eigenvalue weighted by Crippen LogP contribution is 2.14. The van der Waals surface area contributed by atoms with Gasteiger partial charge in [0, 0.05) is 45.4 Å². The molecule has 0 radical (unpaired) electrons. The standard InChI is InChI=1S/C17H25N3O6S/c1-3-26-17(22)20-11-9-19(10-12-20)16(21)14-4-6-15(7-5-14)27(23,24)18-8-13-25-2/h4-7,18H,3,8-13H2,1-2H3. The molecule has 0 aliphatic carbocycles. The summed E-state index contributed by atoms with van der Waals surface area (Å²) in [6.07, 6.45) is -0.375. The van der Waals surface area contributed by atoms with Crippen molar-refractivity contribution in [2.75, 3.05) is 53.0 Å². The summed E-state index contributed by atoms with van der Waals surface area (Å²) in [7, 11) is -2.15. The largest absolute Gasteiger partial charge is 0.450 e. The number of nitrogens with zero attached hydrogens (tertiary/aromatic N) is 2. The summed E-state index contributed by atoms with van der Waals surface area (Å²) in [6.45, 7) is 4.10. The second kappa shape index (κ2) is 9.67. The van der Waals surface area contributed by atoms with Crippen molar-refractivity contribution in [1.29, 1.82) is 0 Å². The molecule has 2 amide bonds. The summed E-state index contributed by atoms with van der Waals surface area (Å²) in [5, 5.41) is 0. The molecule has 0 atom stereocenters. The Morgan fingerprint density at radius 2 is 1.67 bits per heavy atom. The van der Waals surface area contributed by atoms with E-state index >= 15 is 0 Å². The van der Waals surface area contributed by atoms with Gasteiger partial charge in [-0.05, 0) is 31.2 Å². The highest BCUT2D eigenvalue weighted by Gasteiger charge is 2.25. The first kappa shape index (κ1) is 21.1. The first-order valence-corrected chi connectivity index (χ1v) is 10.2. The summed E-state index contributed by atoms with van der Waals surface area (Å²) < 4.78 is 36.5. The average molecular weight is 399 g/mol. The van der Waals surface area contributed by atoms with Gasteiger partial charge in [0.1, 0.15) is 0 Å². The monoisotopic (exact) mass is 399 g/mol. The van der Waals surface area contributed by atoms with E-state index in [1.165, 1.54) is 31.4 Å². The predicted molar refractivity (Wildman–Crippen MR) is 98.0 cm³/mol. The quantitative estimate of drug-likeness (QED) is 0.671. The van der Waals surface area contributed by atoms with E-state index in [2.05, 4.69) is 4.72 Å². The number of hydrogen-bond donors (Lipinski definition) is 1. The fourth-order valence-electron chi connectivity index (χ4n) is 2.63. The number of amides is 2. The summed E-state index contributed by atoms with van der Waals surface area (Å²) in [6, 6.07) is 5.78. The minimum absolute atomic E-state index is 0.0854. The zero-order valence-electron chi connectivity index (χ0n) is 15.5. The van der Waals surface area contributed by atoms with Gasteiger partial charge in [0.05, 0.1) is 18.1 Å². The molecule has 2 rings (SSSR count). The molecule has 0 saturated carbocycles. The van der Waals surface area contributed by atoms with Gasteiger partial charge in [-0.3, -0.25) is 4.79 Å². The number of hydrogen-bond acceptors (Lipinski definition) is 6. The highest BCUT2D eigenvalue weighted by molar-refractivity contribution is 7.89. The minimum Gasteiger partial charge on any atom is -0.450 e. The SMILES string of the molecule is CCOC(=O)N1CCN(C(=O)c2ccc(S(=O)(=O)NCCOC)cc2)CC1. The molecular formula is C17H25N3O6S. The third-order valence-electron chi connectivity index (χ3n) is 4.10. The van der Waals surface area contributed by atoms with Gasteiger partial charge in [-0.25, -0.2) is 17.9 Å². The molecule has 27 heavy (non-hydrogen) atoms. The van der Waals surface area contributed by atoms with Crippen LogP contribution in [-0.4, -0.2) is 83.3 Å². The van der Waals surface area contributed by atoms with Crippen molar-refractivity contribution in [2.45, 2.75) is 11.8 Å². The number of carbonyl (C=O) groups excluding carboxylic acids is 2. The van der Waals surface area contributed by atoms with E-state index in [-0.39, 0.29) is 30.0 Å². The van der Waals surface area contributed by atoms with Gasteiger partial charge in [0.15, 0.2) is 0 Å². The van der Waals surface area contributed by atoms with Crippen LogP contribution < -0.4 is 4.72 Å². The molecule has 9 nitrogen and oxygen atoms in total. The second-order valence-electron chi connectivity index (χ2n) is 5.89. The molecule has 1 heterocycles. The molecule has 1 saturated heterocycles. The predicted octanol–water partition coefficient (Wildman–Crippen LogP) is 0.526. The zero-order chi connectivity index (χ0) is 19.9. The first-order valence-electron chi connectivity index (χ1n) is 8.68.